The number of nitrogens with zero attached hydrogens (tertiary/aromatic N) is 2. The van der Waals surface area contributed by atoms with E-state index in [9.17, 15) is 9.18 Å². The molecule has 0 spiro atoms. The molecule has 0 aliphatic carbocycles. The van der Waals surface area contributed by atoms with Gasteiger partial charge in [-0.05, 0) is 42.3 Å². The van der Waals surface area contributed by atoms with Crippen LogP contribution in [0, 0.1) is 5.82 Å². The van der Waals surface area contributed by atoms with E-state index in [2.05, 4.69) is 4.98 Å². The minimum atomic E-state index is -0.695. The zero-order valence-electron chi connectivity index (χ0n) is 17.6. The molecule has 1 unspecified atom stereocenters. The number of nitrogen functional groups attached to an aromatic ring is 1. The predicted octanol–water partition coefficient (Wildman–Crippen LogP) is 6.13. The Morgan fingerprint density at radius 2 is 1.85 bits per heavy atom. The van der Waals surface area contributed by atoms with Gasteiger partial charge in [-0.1, -0.05) is 53.5 Å². The van der Waals surface area contributed by atoms with Crippen LogP contribution in [0.2, 0.25) is 10.0 Å². The predicted molar refractivity (Wildman–Crippen MR) is 129 cm³/mol. The molecule has 1 atom stereocenters. The van der Waals surface area contributed by atoms with Gasteiger partial charge in [-0.3, -0.25) is 4.79 Å². The van der Waals surface area contributed by atoms with Crippen LogP contribution in [-0.4, -0.2) is 9.55 Å². The Kier molecular flexibility index (Phi) is 6.67. The molecule has 2 aromatic heterocycles. The molecule has 4 aromatic rings. The van der Waals surface area contributed by atoms with Crippen molar-refractivity contribution < 1.29 is 9.13 Å². The zero-order valence-corrected chi connectivity index (χ0v) is 19.1. The van der Waals surface area contributed by atoms with E-state index in [0.717, 1.165) is 5.56 Å². The van der Waals surface area contributed by atoms with Gasteiger partial charge in [0.15, 0.2) is 11.6 Å². The van der Waals surface area contributed by atoms with Gasteiger partial charge in [0.05, 0.1) is 11.6 Å². The van der Waals surface area contributed by atoms with Gasteiger partial charge in [-0.2, -0.15) is 0 Å². The second-order valence-corrected chi connectivity index (χ2v) is 8.28. The molecule has 4 rings (SSSR count). The van der Waals surface area contributed by atoms with Crippen LogP contribution in [0.1, 0.15) is 24.2 Å². The maximum atomic E-state index is 13.9. The average molecular weight is 484 g/mol. The minimum Gasteiger partial charge on any atom is -0.482 e. The summed E-state index contributed by atoms with van der Waals surface area (Å²) in [6.07, 6.45) is 2.60. The number of benzene rings is 2. The third kappa shape index (κ3) is 5.02. The summed E-state index contributed by atoms with van der Waals surface area (Å²) in [4.78, 5) is 16.8. The smallest absolute Gasteiger partial charge is 0.251 e. The van der Waals surface area contributed by atoms with Crippen LogP contribution in [0.15, 0.2) is 77.9 Å². The van der Waals surface area contributed by atoms with Crippen LogP contribution in [0.3, 0.4) is 0 Å². The van der Waals surface area contributed by atoms with E-state index in [0.29, 0.717) is 23.2 Å². The highest BCUT2D eigenvalue weighted by molar-refractivity contribution is 6.36. The van der Waals surface area contributed by atoms with Crippen molar-refractivity contribution in [1.82, 2.24) is 9.55 Å². The lowest BCUT2D eigenvalue weighted by atomic mass is 10.1. The van der Waals surface area contributed by atoms with Gasteiger partial charge in [0, 0.05) is 34.6 Å². The first-order valence-corrected chi connectivity index (χ1v) is 10.9. The molecule has 0 saturated heterocycles. The number of hydrogen-bond donors (Lipinski definition) is 1. The highest BCUT2D eigenvalue weighted by Crippen LogP contribution is 2.36. The summed E-state index contributed by atoms with van der Waals surface area (Å²) in [5.41, 5.74) is 8.50. The molecule has 0 radical (unpaired) electrons. The quantitative estimate of drug-likeness (QED) is 0.335. The van der Waals surface area contributed by atoms with Gasteiger partial charge in [0.25, 0.3) is 5.56 Å². The SMILES string of the molecule is CC(Oc1cc(-c2ccn(Cc3ccccc3)c(=O)c2)cnc1N)c1c(Cl)ccc(F)c1Cl. The van der Waals surface area contributed by atoms with Crippen LogP contribution in [0.25, 0.3) is 11.1 Å². The van der Waals surface area contributed by atoms with Crippen molar-refractivity contribution in [1.29, 1.82) is 0 Å². The average Bonchev–Trinajstić information content (AvgIpc) is 2.80. The first kappa shape index (κ1) is 22.8. The van der Waals surface area contributed by atoms with E-state index in [1.54, 1.807) is 30.0 Å². The second-order valence-electron chi connectivity index (χ2n) is 7.49. The van der Waals surface area contributed by atoms with Gasteiger partial charge in [-0.25, -0.2) is 9.37 Å². The molecule has 0 amide bonds. The van der Waals surface area contributed by atoms with E-state index in [1.807, 2.05) is 36.4 Å². The molecule has 2 heterocycles. The normalized spacial score (nSPS) is 11.9. The Hall–Kier alpha value is -3.35. The van der Waals surface area contributed by atoms with E-state index >= 15 is 0 Å². The maximum Gasteiger partial charge on any atom is 0.251 e. The number of rotatable bonds is 6. The Balaban J connectivity index is 1.61. The highest BCUT2D eigenvalue weighted by Gasteiger charge is 2.20. The molecular weight excluding hydrogens is 464 g/mol. The van der Waals surface area contributed by atoms with Crippen molar-refractivity contribution in [3.63, 3.8) is 0 Å². The molecule has 0 fully saturated rings. The Morgan fingerprint density at radius 1 is 1.09 bits per heavy atom. The molecule has 8 heteroatoms. The van der Waals surface area contributed by atoms with Crippen LogP contribution in [-0.2, 0) is 6.54 Å². The Morgan fingerprint density at radius 3 is 2.58 bits per heavy atom. The molecule has 2 N–H and O–H groups in total. The summed E-state index contributed by atoms with van der Waals surface area (Å²) in [6.45, 7) is 2.16. The maximum absolute atomic E-state index is 13.9. The lowest BCUT2D eigenvalue weighted by Crippen LogP contribution is -2.19. The molecule has 0 saturated carbocycles. The number of hydrogen-bond acceptors (Lipinski definition) is 4. The third-order valence-electron chi connectivity index (χ3n) is 5.20. The first-order valence-electron chi connectivity index (χ1n) is 10.1. The number of anilines is 1. The molecule has 0 bridgehead atoms. The van der Waals surface area contributed by atoms with Crippen LogP contribution < -0.4 is 16.0 Å². The summed E-state index contributed by atoms with van der Waals surface area (Å²) in [5, 5.41) is 0.165. The van der Waals surface area contributed by atoms with Crippen LogP contribution >= 0.6 is 23.2 Å². The fraction of sp³-hybridized carbons (Fsp3) is 0.120. The first-order chi connectivity index (χ1) is 15.8. The van der Waals surface area contributed by atoms with Crippen molar-refractivity contribution in [2.45, 2.75) is 19.6 Å². The molecule has 2 aromatic carbocycles. The molecule has 33 heavy (non-hydrogen) atoms. The zero-order chi connectivity index (χ0) is 23.5. The van der Waals surface area contributed by atoms with Crippen LogP contribution in [0.4, 0.5) is 10.2 Å². The molecule has 168 valence electrons. The number of nitrogens with two attached hydrogens (primary N) is 1. The number of aromatic nitrogens is 2. The lowest BCUT2D eigenvalue weighted by Gasteiger charge is -2.19. The molecule has 0 aliphatic heterocycles. The number of pyridine rings is 2. The second kappa shape index (κ2) is 9.65. The number of halogens is 3. The van der Waals surface area contributed by atoms with Crippen molar-refractivity contribution in [3.8, 4) is 16.9 Å². The third-order valence-corrected chi connectivity index (χ3v) is 5.91. The Labute approximate surface area is 200 Å². The topological polar surface area (TPSA) is 70.1 Å². The van der Waals surface area contributed by atoms with E-state index in [4.69, 9.17) is 33.7 Å². The molecule has 0 aliphatic rings. The van der Waals surface area contributed by atoms with Gasteiger partial charge in [0.2, 0.25) is 0 Å². The van der Waals surface area contributed by atoms with Crippen molar-refractivity contribution >= 4 is 29.0 Å². The summed E-state index contributed by atoms with van der Waals surface area (Å²) in [6, 6.07) is 17.4. The van der Waals surface area contributed by atoms with Crippen LogP contribution in [0.5, 0.6) is 5.75 Å². The van der Waals surface area contributed by atoms with Crippen molar-refractivity contribution in [2.24, 2.45) is 0 Å². The summed E-state index contributed by atoms with van der Waals surface area (Å²) in [7, 11) is 0. The minimum absolute atomic E-state index is 0.111. The standard InChI is InChI=1S/C25H20Cl2FN3O2/c1-15(23-19(26)7-8-20(28)24(23)27)33-21-11-18(13-30-25(21)29)17-9-10-31(22(32)12-17)14-16-5-3-2-4-6-16/h2-13,15H,14H2,1H3,(H2,29,30). The Bertz CT molecular complexity index is 1360. The van der Waals surface area contributed by atoms with Crippen molar-refractivity contribution in [2.75, 3.05) is 5.73 Å². The molecule has 5 nitrogen and oxygen atoms in total. The fourth-order valence-corrected chi connectivity index (χ4v) is 4.15. The molecular formula is C25H20Cl2FN3O2. The van der Waals surface area contributed by atoms with Gasteiger partial charge < -0.3 is 15.0 Å². The van der Waals surface area contributed by atoms with E-state index in [-0.39, 0.29) is 27.2 Å². The highest BCUT2D eigenvalue weighted by atomic mass is 35.5. The van der Waals surface area contributed by atoms with E-state index < -0.39 is 11.9 Å². The monoisotopic (exact) mass is 483 g/mol. The summed E-state index contributed by atoms with van der Waals surface area (Å²) in [5.74, 6) is -0.182. The van der Waals surface area contributed by atoms with Gasteiger partial charge in [-0.15, -0.1) is 0 Å². The van der Waals surface area contributed by atoms with Gasteiger partial charge in [0.1, 0.15) is 11.9 Å². The number of ether oxygens (including phenoxy) is 1. The van der Waals surface area contributed by atoms with Gasteiger partial charge >= 0.3 is 0 Å². The largest absolute Gasteiger partial charge is 0.482 e. The summed E-state index contributed by atoms with van der Waals surface area (Å²) < 4.78 is 21.5. The summed E-state index contributed by atoms with van der Waals surface area (Å²) >= 11 is 12.3. The van der Waals surface area contributed by atoms with Crippen molar-refractivity contribution in [3.05, 3.63) is 110 Å². The fourth-order valence-electron chi connectivity index (χ4n) is 3.47. The lowest BCUT2D eigenvalue weighted by molar-refractivity contribution is 0.227. The van der Waals surface area contributed by atoms with E-state index in [1.165, 1.54) is 18.2 Å².